The van der Waals surface area contributed by atoms with Crippen molar-refractivity contribution in [3.8, 4) is 17.0 Å². The second-order valence-electron chi connectivity index (χ2n) is 5.75. The van der Waals surface area contributed by atoms with Gasteiger partial charge >= 0.3 is 0 Å². The zero-order valence-electron chi connectivity index (χ0n) is 12.8. The van der Waals surface area contributed by atoms with E-state index in [0.29, 0.717) is 6.04 Å². The van der Waals surface area contributed by atoms with Crippen LogP contribution in [0.2, 0.25) is 0 Å². The van der Waals surface area contributed by atoms with Crippen molar-refractivity contribution in [3.05, 3.63) is 35.8 Å². The molecule has 4 heteroatoms. The van der Waals surface area contributed by atoms with Crippen molar-refractivity contribution in [2.45, 2.75) is 45.2 Å². The highest BCUT2D eigenvalue weighted by molar-refractivity contribution is 5.62. The minimum atomic E-state index is 0.667. The third-order valence-corrected chi connectivity index (χ3v) is 4.21. The number of aromatic nitrogens is 2. The zero-order valence-corrected chi connectivity index (χ0v) is 12.8. The lowest BCUT2D eigenvalue weighted by Gasteiger charge is -2.09. The van der Waals surface area contributed by atoms with E-state index in [2.05, 4.69) is 29.4 Å². The fourth-order valence-electron chi connectivity index (χ4n) is 3.01. The van der Waals surface area contributed by atoms with Gasteiger partial charge in [0.1, 0.15) is 11.6 Å². The van der Waals surface area contributed by atoms with Gasteiger partial charge in [-0.05, 0) is 44.0 Å². The molecule has 1 fully saturated rings. The van der Waals surface area contributed by atoms with E-state index in [-0.39, 0.29) is 0 Å². The van der Waals surface area contributed by atoms with Crippen LogP contribution < -0.4 is 10.1 Å². The molecule has 1 aromatic heterocycles. The van der Waals surface area contributed by atoms with E-state index in [1.807, 2.05) is 12.1 Å². The van der Waals surface area contributed by atoms with Crippen LogP contribution in [0.5, 0.6) is 5.75 Å². The second kappa shape index (κ2) is 6.31. The molecule has 0 radical (unpaired) electrons. The van der Waals surface area contributed by atoms with Gasteiger partial charge in [-0.2, -0.15) is 0 Å². The van der Waals surface area contributed by atoms with Crippen molar-refractivity contribution in [1.82, 2.24) is 15.3 Å². The Morgan fingerprint density at radius 2 is 1.95 bits per heavy atom. The Morgan fingerprint density at radius 3 is 2.62 bits per heavy atom. The van der Waals surface area contributed by atoms with Crippen molar-refractivity contribution in [2.75, 3.05) is 7.11 Å². The number of H-pyrrole nitrogens is 1. The van der Waals surface area contributed by atoms with Crippen LogP contribution >= 0.6 is 0 Å². The Morgan fingerprint density at radius 1 is 1.24 bits per heavy atom. The first-order valence-corrected chi connectivity index (χ1v) is 7.69. The molecule has 1 heterocycles. The Balaban J connectivity index is 1.70. The standard InChI is InChI=1S/C17H23N3O/c1-12-17(13-7-9-15(21-2)10-8-13)20-16(19-12)11-18-14-5-3-4-6-14/h7-10,14,18H,3-6,11H2,1-2H3,(H,19,20). The minimum Gasteiger partial charge on any atom is -0.497 e. The van der Waals surface area contributed by atoms with Gasteiger partial charge in [-0.25, -0.2) is 4.98 Å². The number of rotatable bonds is 5. The maximum atomic E-state index is 5.20. The van der Waals surface area contributed by atoms with E-state index >= 15 is 0 Å². The van der Waals surface area contributed by atoms with Crippen LogP contribution in [0.4, 0.5) is 0 Å². The van der Waals surface area contributed by atoms with Gasteiger partial charge < -0.3 is 15.0 Å². The van der Waals surface area contributed by atoms with Gasteiger partial charge in [-0.3, -0.25) is 0 Å². The molecule has 0 amide bonds. The predicted molar refractivity (Wildman–Crippen MR) is 84.4 cm³/mol. The number of nitrogens with one attached hydrogen (secondary N) is 2. The number of nitrogens with zero attached hydrogens (tertiary/aromatic N) is 1. The van der Waals surface area contributed by atoms with Crippen LogP contribution in [0.15, 0.2) is 24.3 Å². The Bertz CT molecular complexity index is 583. The van der Waals surface area contributed by atoms with E-state index in [1.54, 1.807) is 7.11 Å². The molecule has 4 nitrogen and oxygen atoms in total. The number of imidazole rings is 1. The SMILES string of the molecule is COc1ccc(-c2nc(CNC3CCCC3)[nH]c2C)cc1. The average Bonchev–Trinajstić information content (AvgIpc) is 3.15. The van der Waals surface area contributed by atoms with Crippen LogP contribution in [0.25, 0.3) is 11.3 Å². The van der Waals surface area contributed by atoms with E-state index in [1.165, 1.54) is 25.7 Å². The molecular weight excluding hydrogens is 262 g/mol. The summed E-state index contributed by atoms with van der Waals surface area (Å²) in [6.07, 6.45) is 5.30. The molecule has 1 saturated carbocycles. The maximum absolute atomic E-state index is 5.20. The molecule has 1 aliphatic carbocycles. The van der Waals surface area contributed by atoms with Gasteiger partial charge in [0.25, 0.3) is 0 Å². The van der Waals surface area contributed by atoms with Gasteiger partial charge in [-0.15, -0.1) is 0 Å². The summed E-state index contributed by atoms with van der Waals surface area (Å²) in [6.45, 7) is 2.90. The van der Waals surface area contributed by atoms with E-state index in [4.69, 9.17) is 9.72 Å². The van der Waals surface area contributed by atoms with Crippen molar-refractivity contribution < 1.29 is 4.74 Å². The number of hydrogen-bond donors (Lipinski definition) is 2. The number of aryl methyl sites for hydroxylation is 1. The Kier molecular flexibility index (Phi) is 4.25. The van der Waals surface area contributed by atoms with Gasteiger partial charge in [0, 0.05) is 17.3 Å². The van der Waals surface area contributed by atoms with Crippen LogP contribution in [0.1, 0.15) is 37.2 Å². The summed E-state index contributed by atoms with van der Waals surface area (Å²) in [5.74, 6) is 1.89. The van der Waals surface area contributed by atoms with E-state index in [0.717, 1.165) is 35.1 Å². The molecule has 21 heavy (non-hydrogen) atoms. The maximum Gasteiger partial charge on any atom is 0.121 e. The molecule has 0 saturated heterocycles. The number of ether oxygens (including phenoxy) is 1. The largest absolute Gasteiger partial charge is 0.497 e. The molecule has 2 N–H and O–H groups in total. The molecule has 2 aromatic rings. The molecule has 1 aromatic carbocycles. The topological polar surface area (TPSA) is 49.9 Å². The van der Waals surface area contributed by atoms with Crippen molar-refractivity contribution in [3.63, 3.8) is 0 Å². The number of methoxy groups -OCH3 is 1. The Hall–Kier alpha value is -1.81. The van der Waals surface area contributed by atoms with Gasteiger partial charge in [0.05, 0.1) is 19.3 Å². The van der Waals surface area contributed by atoms with Crippen LogP contribution in [-0.2, 0) is 6.54 Å². The first-order valence-electron chi connectivity index (χ1n) is 7.69. The van der Waals surface area contributed by atoms with Gasteiger partial charge in [0.15, 0.2) is 0 Å². The second-order valence-corrected chi connectivity index (χ2v) is 5.75. The lowest BCUT2D eigenvalue weighted by Crippen LogP contribution is -2.25. The summed E-state index contributed by atoms with van der Waals surface area (Å²) >= 11 is 0. The van der Waals surface area contributed by atoms with Crippen LogP contribution in [0, 0.1) is 6.92 Å². The molecule has 0 bridgehead atoms. The van der Waals surface area contributed by atoms with Crippen molar-refractivity contribution in [1.29, 1.82) is 0 Å². The van der Waals surface area contributed by atoms with Crippen LogP contribution in [-0.4, -0.2) is 23.1 Å². The molecular formula is C17H23N3O. The molecule has 0 unspecified atom stereocenters. The summed E-state index contributed by atoms with van der Waals surface area (Å²) in [6, 6.07) is 8.71. The monoisotopic (exact) mass is 285 g/mol. The molecule has 1 aliphatic rings. The first kappa shape index (κ1) is 14.1. The van der Waals surface area contributed by atoms with Gasteiger partial charge in [-0.1, -0.05) is 12.8 Å². The number of benzene rings is 1. The summed E-state index contributed by atoms with van der Waals surface area (Å²) in [5.41, 5.74) is 3.26. The predicted octanol–water partition coefficient (Wildman–Crippen LogP) is 3.43. The van der Waals surface area contributed by atoms with Gasteiger partial charge in [0.2, 0.25) is 0 Å². The molecule has 3 rings (SSSR count). The fraction of sp³-hybridized carbons (Fsp3) is 0.471. The van der Waals surface area contributed by atoms with Crippen molar-refractivity contribution in [2.24, 2.45) is 0 Å². The summed E-state index contributed by atoms with van der Waals surface area (Å²) in [5, 5.41) is 3.59. The molecule has 0 atom stereocenters. The highest BCUT2D eigenvalue weighted by Gasteiger charge is 2.15. The smallest absolute Gasteiger partial charge is 0.121 e. The van der Waals surface area contributed by atoms with Crippen molar-refractivity contribution >= 4 is 0 Å². The lowest BCUT2D eigenvalue weighted by atomic mass is 10.1. The summed E-state index contributed by atoms with van der Waals surface area (Å²) < 4.78 is 5.20. The summed E-state index contributed by atoms with van der Waals surface area (Å²) in [4.78, 5) is 8.13. The lowest BCUT2D eigenvalue weighted by molar-refractivity contribution is 0.415. The highest BCUT2D eigenvalue weighted by Crippen LogP contribution is 2.24. The van der Waals surface area contributed by atoms with Crippen LogP contribution in [0.3, 0.4) is 0 Å². The third-order valence-electron chi connectivity index (χ3n) is 4.21. The molecule has 0 spiro atoms. The quantitative estimate of drug-likeness (QED) is 0.885. The fourth-order valence-corrected chi connectivity index (χ4v) is 3.01. The minimum absolute atomic E-state index is 0.667. The zero-order chi connectivity index (χ0) is 14.7. The summed E-state index contributed by atoms with van der Waals surface area (Å²) in [7, 11) is 1.68. The number of aromatic amines is 1. The molecule has 112 valence electrons. The average molecular weight is 285 g/mol. The Labute approximate surface area is 125 Å². The first-order chi connectivity index (χ1) is 10.3. The highest BCUT2D eigenvalue weighted by atomic mass is 16.5. The molecule has 0 aliphatic heterocycles. The number of hydrogen-bond acceptors (Lipinski definition) is 3. The normalized spacial score (nSPS) is 15.5. The van der Waals surface area contributed by atoms with E-state index < -0.39 is 0 Å². The van der Waals surface area contributed by atoms with E-state index in [9.17, 15) is 0 Å². The third kappa shape index (κ3) is 3.27.